The highest BCUT2D eigenvalue weighted by atomic mass is 19.4. The fourth-order valence-electron chi connectivity index (χ4n) is 0.841. The molecule has 1 rings (SSSR count). The number of halogens is 6. The number of alkyl halides is 6. The number of aromatic nitrogens is 3. The highest BCUT2D eigenvalue weighted by Gasteiger charge is 2.30. The van der Waals surface area contributed by atoms with Gasteiger partial charge in [-0.15, -0.1) is 9.98 Å². The Kier molecular flexibility index (Phi) is 5.02. The SMILES string of the molecule is O=C=Nc1nc(OCC(F)(F)F)nc(OCC(F)(F)F)n1. The minimum absolute atomic E-state index is 0.811. The summed E-state index contributed by atoms with van der Waals surface area (Å²) in [5, 5.41) is 0. The first kappa shape index (κ1) is 16.6. The third-order valence-corrected chi connectivity index (χ3v) is 1.46. The van der Waals surface area contributed by atoms with E-state index in [0.29, 0.717) is 0 Å². The molecule has 0 amide bonds. The molecule has 116 valence electrons. The van der Waals surface area contributed by atoms with Gasteiger partial charge in [-0.2, -0.15) is 36.3 Å². The van der Waals surface area contributed by atoms with Crippen molar-refractivity contribution >= 4 is 12.0 Å². The molecule has 0 fully saturated rings. The van der Waals surface area contributed by atoms with Crippen LogP contribution >= 0.6 is 0 Å². The Morgan fingerprint density at radius 1 is 0.905 bits per heavy atom. The van der Waals surface area contributed by atoms with Crippen molar-refractivity contribution in [1.82, 2.24) is 15.0 Å². The summed E-state index contributed by atoms with van der Waals surface area (Å²) < 4.78 is 79.8. The maximum atomic E-state index is 11.9. The van der Waals surface area contributed by atoms with Gasteiger partial charge in [-0.05, 0) is 0 Å². The van der Waals surface area contributed by atoms with Crippen LogP contribution in [0.15, 0.2) is 4.99 Å². The van der Waals surface area contributed by atoms with Crippen molar-refractivity contribution < 1.29 is 40.6 Å². The van der Waals surface area contributed by atoms with Crippen LogP contribution in [0.4, 0.5) is 32.3 Å². The molecule has 1 heterocycles. The zero-order valence-electron chi connectivity index (χ0n) is 9.70. The summed E-state index contributed by atoms with van der Waals surface area (Å²) in [5.74, 6) is -0.811. The van der Waals surface area contributed by atoms with Gasteiger partial charge in [0.1, 0.15) is 0 Å². The van der Waals surface area contributed by atoms with Crippen LogP contribution in [0.3, 0.4) is 0 Å². The van der Waals surface area contributed by atoms with Crippen LogP contribution in [0.25, 0.3) is 0 Å². The fraction of sp³-hybridized carbons (Fsp3) is 0.500. The van der Waals surface area contributed by atoms with Crippen LogP contribution in [0, 0.1) is 0 Å². The lowest BCUT2D eigenvalue weighted by molar-refractivity contribution is -0.156. The Labute approximate surface area is 111 Å². The molecule has 0 radical (unpaired) electrons. The van der Waals surface area contributed by atoms with Crippen molar-refractivity contribution in [3.05, 3.63) is 0 Å². The smallest absolute Gasteiger partial charge is 0.422 e. The monoisotopic (exact) mass is 318 g/mol. The summed E-state index contributed by atoms with van der Waals surface area (Å²) in [6, 6.07) is -2.01. The molecule has 0 saturated carbocycles. The van der Waals surface area contributed by atoms with Gasteiger partial charge in [0.2, 0.25) is 6.08 Å². The van der Waals surface area contributed by atoms with Crippen molar-refractivity contribution in [2.24, 2.45) is 4.99 Å². The average molecular weight is 318 g/mol. The summed E-state index contributed by atoms with van der Waals surface area (Å²) in [5.41, 5.74) is 0. The quantitative estimate of drug-likeness (QED) is 0.467. The van der Waals surface area contributed by atoms with E-state index in [1.807, 2.05) is 0 Å². The molecule has 0 aromatic carbocycles. The van der Waals surface area contributed by atoms with Gasteiger partial charge in [-0.3, -0.25) is 0 Å². The van der Waals surface area contributed by atoms with Crippen LogP contribution in [-0.4, -0.2) is 46.6 Å². The summed E-state index contributed by atoms with van der Waals surface area (Å²) in [4.78, 5) is 22.2. The molecule has 0 N–H and O–H groups in total. The van der Waals surface area contributed by atoms with E-state index in [9.17, 15) is 31.1 Å². The Hall–Kier alpha value is -2.43. The van der Waals surface area contributed by atoms with Gasteiger partial charge in [0.25, 0.3) is 5.95 Å². The molecular weight excluding hydrogens is 314 g/mol. The Balaban J connectivity index is 2.92. The van der Waals surface area contributed by atoms with Crippen molar-refractivity contribution in [3.63, 3.8) is 0 Å². The highest BCUT2D eigenvalue weighted by Crippen LogP contribution is 2.21. The Bertz CT molecular complexity index is 504. The Morgan fingerprint density at radius 2 is 1.33 bits per heavy atom. The standard InChI is InChI=1S/C8H4F6N4O3/c9-7(10,11)1-20-5-16-4(15-3-19)17-6(18-5)21-2-8(12,13)14/h1-2H2. The lowest BCUT2D eigenvalue weighted by Gasteiger charge is -2.10. The molecule has 0 unspecified atom stereocenters. The third kappa shape index (κ3) is 7.06. The van der Waals surface area contributed by atoms with Crippen molar-refractivity contribution in [3.8, 4) is 12.0 Å². The zero-order valence-corrected chi connectivity index (χ0v) is 9.70. The highest BCUT2D eigenvalue weighted by molar-refractivity contribution is 5.41. The molecule has 0 aliphatic carbocycles. The number of carbonyl (C=O) groups excluding carboxylic acids is 1. The molecule has 7 nitrogen and oxygen atoms in total. The fourth-order valence-corrected chi connectivity index (χ4v) is 0.841. The topological polar surface area (TPSA) is 86.6 Å². The minimum atomic E-state index is -4.73. The van der Waals surface area contributed by atoms with E-state index in [0.717, 1.165) is 6.08 Å². The molecule has 1 aromatic rings. The third-order valence-electron chi connectivity index (χ3n) is 1.46. The second-order valence-corrected chi connectivity index (χ2v) is 3.21. The van der Waals surface area contributed by atoms with Crippen molar-refractivity contribution in [2.75, 3.05) is 13.2 Å². The molecule has 21 heavy (non-hydrogen) atoms. The van der Waals surface area contributed by atoms with E-state index in [4.69, 9.17) is 0 Å². The van der Waals surface area contributed by atoms with Crippen molar-refractivity contribution in [2.45, 2.75) is 12.4 Å². The minimum Gasteiger partial charge on any atom is -0.454 e. The maximum Gasteiger partial charge on any atom is 0.422 e. The number of ether oxygens (including phenoxy) is 2. The van der Waals surface area contributed by atoms with Crippen LogP contribution in [0.1, 0.15) is 0 Å². The van der Waals surface area contributed by atoms with Crippen LogP contribution < -0.4 is 9.47 Å². The first-order chi connectivity index (χ1) is 9.59. The van der Waals surface area contributed by atoms with Gasteiger partial charge in [0.05, 0.1) is 0 Å². The number of hydrogen-bond acceptors (Lipinski definition) is 7. The molecule has 13 heteroatoms. The predicted octanol–water partition coefficient (Wildman–Crippen LogP) is 1.72. The van der Waals surface area contributed by atoms with E-state index < -0.39 is 43.5 Å². The van der Waals surface area contributed by atoms with Gasteiger partial charge >= 0.3 is 24.4 Å². The van der Waals surface area contributed by atoms with E-state index in [1.54, 1.807) is 0 Å². The van der Waals surface area contributed by atoms with Gasteiger partial charge in [0, 0.05) is 0 Å². The lowest BCUT2D eigenvalue weighted by atomic mass is 10.7. The average Bonchev–Trinajstić information content (AvgIpc) is 2.33. The second-order valence-electron chi connectivity index (χ2n) is 3.21. The van der Waals surface area contributed by atoms with Gasteiger partial charge < -0.3 is 9.47 Å². The van der Waals surface area contributed by atoms with E-state index in [2.05, 4.69) is 29.4 Å². The molecule has 0 aliphatic rings. The van der Waals surface area contributed by atoms with E-state index in [1.165, 1.54) is 0 Å². The first-order valence-corrected chi connectivity index (χ1v) is 4.82. The number of nitrogens with zero attached hydrogens (tertiary/aromatic N) is 4. The normalized spacial score (nSPS) is 11.7. The van der Waals surface area contributed by atoms with E-state index in [-0.39, 0.29) is 0 Å². The molecular formula is C8H4F6N4O3. The van der Waals surface area contributed by atoms with Gasteiger partial charge in [-0.1, -0.05) is 0 Å². The number of aliphatic imine (C=N–C) groups is 1. The molecule has 0 saturated heterocycles. The summed E-state index contributed by atoms with van der Waals surface area (Å²) in [6.45, 7) is -3.61. The summed E-state index contributed by atoms with van der Waals surface area (Å²) in [7, 11) is 0. The molecule has 0 bridgehead atoms. The zero-order chi connectivity index (χ0) is 16.1. The van der Waals surface area contributed by atoms with Crippen molar-refractivity contribution in [1.29, 1.82) is 0 Å². The van der Waals surface area contributed by atoms with E-state index >= 15 is 0 Å². The summed E-state index contributed by atoms with van der Waals surface area (Å²) in [6.07, 6.45) is -8.51. The van der Waals surface area contributed by atoms with Crippen LogP contribution in [-0.2, 0) is 4.79 Å². The molecule has 1 aromatic heterocycles. The second kappa shape index (κ2) is 6.35. The Morgan fingerprint density at radius 3 is 1.67 bits per heavy atom. The predicted molar refractivity (Wildman–Crippen MR) is 50.7 cm³/mol. The van der Waals surface area contributed by atoms with Gasteiger partial charge in [0.15, 0.2) is 13.2 Å². The van der Waals surface area contributed by atoms with Crippen LogP contribution in [0.5, 0.6) is 12.0 Å². The maximum absolute atomic E-state index is 11.9. The largest absolute Gasteiger partial charge is 0.454 e. The molecule has 0 aliphatic heterocycles. The number of rotatable bonds is 5. The lowest BCUT2D eigenvalue weighted by Crippen LogP contribution is -2.22. The molecule has 0 spiro atoms. The van der Waals surface area contributed by atoms with Crippen LogP contribution in [0.2, 0.25) is 0 Å². The van der Waals surface area contributed by atoms with Gasteiger partial charge in [-0.25, -0.2) is 4.79 Å². The number of hydrogen-bond donors (Lipinski definition) is 0. The first-order valence-electron chi connectivity index (χ1n) is 4.82. The number of isocyanates is 1. The summed E-state index contributed by atoms with van der Waals surface area (Å²) >= 11 is 0. The molecule has 0 atom stereocenters.